The van der Waals surface area contributed by atoms with Crippen molar-refractivity contribution in [3.63, 3.8) is 0 Å². The van der Waals surface area contributed by atoms with Gasteiger partial charge in [-0.2, -0.15) is 17.6 Å². The summed E-state index contributed by atoms with van der Waals surface area (Å²) in [5.74, 6) is -2.96. The number of alkyl halides is 3. The predicted octanol–water partition coefficient (Wildman–Crippen LogP) is 2.42. The number of halogens is 4. The van der Waals surface area contributed by atoms with Crippen molar-refractivity contribution >= 4 is 5.97 Å². The Labute approximate surface area is 88.0 Å². The molecule has 0 amide bonds. The molecule has 0 atom stereocenters. The Hall–Kier alpha value is -1.66. The molecular formula is C9H7F4NO2. The van der Waals surface area contributed by atoms with Gasteiger partial charge in [-0.1, -0.05) is 0 Å². The van der Waals surface area contributed by atoms with Crippen molar-refractivity contribution in [2.75, 3.05) is 6.61 Å². The highest BCUT2D eigenvalue weighted by atomic mass is 19.4. The molecule has 0 aliphatic carbocycles. The van der Waals surface area contributed by atoms with E-state index in [0.29, 0.717) is 0 Å². The van der Waals surface area contributed by atoms with Gasteiger partial charge in [0.25, 0.3) is 0 Å². The van der Waals surface area contributed by atoms with Crippen molar-refractivity contribution < 1.29 is 27.1 Å². The van der Waals surface area contributed by atoms with Gasteiger partial charge in [0.05, 0.1) is 12.2 Å². The third-order valence-corrected chi connectivity index (χ3v) is 1.68. The van der Waals surface area contributed by atoms with Crippen molar-refractivity contribution in [2.24, 2.45) is 0 Å². The number of hydrogen-bond acceptors (Lipinski definition) is 3. The number of carbonyl (C=O) groups excluding carboxylic acids is 1. The zero-order valence-electron chi connectivity index (χ0n) is 8.14. The zero-order chi connectivity index (χ0) is 12.3. The summed E-state index contributed by atoms with van der Waals surface area (Å²) in [6.07, 6.45) is -4.21. The van der Waals surface area contributed by atoms with E-state index in [2.05, 4.69) is 9.72 Å². The minimum Gasteiger partial charge on any atom is -0.462 e. The summed E-state index contributed by atoms with van der Waals surface area (Å²) < 4.78 is 54.6. The fourth-order valence-electron chi connectivity index (χ4n) is 1.08. The lowest BCUT2D eigenvalue weighted by molar-refractivity contribution is -0.141. The highest BCUT2D eigenvalue weighted by molar-refractivity contribution is 5.91. The molecule has 1 heterocycles. The molecule has 1 aromatic heterocycles. The van der Waals surface area contributed by atoms with Gasteiger partial charge in [-0.15, -0.1) is 0 Å². The van der Waals surface area contributed by atoms with Crippen LogP contribution in [0.4, 0.5) is 17.6 Å². The standard InChI is InChI=1S/C9H7F4NO2/c1-2-16-8(15)5-3-4-14-7(10)6(5)9(11,12)13/h3-4H,2H2,1H3. The van der Waals surface area contributed by atoms with Crippen molar-refractivity contribution in [1.82, 2.24) is 4.98 Å². The monoisotopic (exact) mass is 237 g/mol. The van der Waals surface area contributed by atoms with Crippen LogP contribution in [0.5, 0.6) is 0 Å². The van der Waals surface area contributed by atoms with Crippen LogP contribution in [0.1, 0.15) is 22.8 Å². The number of nitrogens with zero attached hydrogens (tertiary/aromatic N) is 1. The number of esters is 1. The van der Waals surface area contributed by atoms with Crippen molar-refractivity contribution in [1.29, 1.82) is 0 Å². The summed E-state index contributed by atoms with van der Waals surface area (Å²) in [6, 6.07) is 0.768. The van der Waals surface area contributed by atoms with Crippen LogP contribution in [0, 0.1) is 5.95 Å². The summed E-state index contributed by atoms with van der Waals surface area (Å²) in [4.78, 5) is 14.0. The molecule has 0 spiro atoms. The smallest absolute Gasteiger partial charge is 0.421 e. The first-order valence-electron chi connectivity index (χ1n) is 4.26. The molecule has 0 bridgehead atoms. The predicted molar refractivity (Wildman–Crippen MR) is 45.2 cm³/mol. The fraction of sp³-hybridized carbons (Fsp3) is 0.333. The highest BCUT2D eigenvalue weighted by Crippen LogP contribution is 2.33. The van der Waals surface area contributed by atoms with E-state index in [1.807, 2.05) is 0 Å². The second kappa shape index (κ2) is 4.46. The Kier molecular flexibility index (Phi) is 3.46. The lowest BCUT2D eigenvalue weighted by atomic mass is 10.1. The molecule has 7 heteroatoms. The van der Waals surface area contributed by atoms with Crippen LogP contribution in [0.15, 0.2) is 12.3 Å². The Morgan fingerprint density at radius 2 is 2.12 bits per heavy atom. The molecule has 1 rings (SSSR count). The van der Waals surface area contributed by atoms with Crippen LogP contribution in [0.25, 0.3) is 0 Å². The summed E-state index contributed by atoms with van der Waals surface area (Å²) in [6.45, 7) is 1.34. The van der Waals surface area contributed by atoms with Gasteiger partial charge >= 0.3 is 12.1 Å². The molecule has 88 valence electrons. The maximum Gasteiger partial charge on any atom is 0.421 e. The first kappa shape index (κ1) is 12.4. The Bertz CT molecular complexity index is 403. The molecule has 16 heavy (non-hydrogen) atoms. The highest BCUT2D eigenvalue weighted by Gasteiger charge is 2.39. The normalized spacial score (nSPS) is 11.3. The van der Waals surface area contributed by atoms with Gasteiger partial charge in [0.1, 0.15) is 5.56 Å². The SMILES string of the molecule is CCOC(=O)c1ccnc(F)c1C(F)(F)F. The quantitative estimate of drug-likeness (QED) is 0.450. The number of pyridine rings is 1. The van der Waals surface area contributed by atoms with E-state index in [-0.39, 0.29) is 6.61 Å². The Balaban J connectivity index is 3.29. The van der Waals surface area contributed by atoms with Gasteiger partial charge in [-0.25, -0.2) is 9.78 Å². The van der Waals surface area contributed by atoms with Crippen molar-refractivity contribution in [2.45, 2.75) is 13.1 Å². The van der Waals surface area contributed by atoms with Crippen LogP contribution < -0.4 is 0 Å². The van der Waals surface area contributed by atoms with Crippen LogP contribution >= 0.6 is 0 Å². The van der Waals surface area contributed by atoms with E-state index >= 15 is 0 Å². The molecule has 0 unspecified atom stereocenters. The van der Waals surface area contributed by atoms with E-state index in [1.165, 1.54) is 6.92 Å². The van der Waals surface area contributed by atoms with E-state index in [4.69, 9.17) is 0 Å². The second-order valence-electron chi connectivity index (χ2n) is 2.74. The van der Waals surface area contributed by atoms with Gasteiger partial charge in [-0.05, 0) is 13.0 Å². The molecule has 1 aromatic rings. The van der Waals surface area contributed by atoms with Gasteiger partial charge < -0.3 is 4.74 Å². The minimum absolute atomic E-state index is 0.0972. The zero-order valence-corrected chi connectivity index (χ0v) is 8.14. The van der Waals surface area contributed by atoms with Crippen molar-refractivity contribution in [3.8, 4) is 0 Å². The van der Waals surface area contributed by atoms with Crippen LogP contribution in [-0.4, -0.2) is 17.6 Å². The summed E-state index contributed by atoms with van der Waals surface area (Å²) in [5.41, 5.74) is -2.57. The van der Waals surface area contributed by atoms with E-state index < -0.39 is 29.2 Å². The number of ether oxygens (including phenoxy) is 1. The van der Waals surface area contributed by atoms with Crippen LogP contribution in [-0.2, 0) is 10.9 Å². The maximum absolute atomic E-state index is 12.9. The molecule has 0 aliphatic heterocycles. The number of hydrogen-bond donors (Lipinski definition) is 0. The average molecular weight is 237 g/mol. The average Bonchev–Trinajstić information content (AvgIpc) is 2.15. The Morgan fingerprint density at radius 3 is 2.62 bits per heavy atom. The molecule has 0 N–H and O–H groups in total. The van der Waals surface area contributed by atoms with E-state index in [1.54, 1.807) is 0 Å². The fourth-order valence-corrected chi connectivity index (χ4v) is 1.08. The summed E-state index contributed by atoms with van der Waals surface area (Å²) in [5, 5.41) is 0. The third kappa shape index (κ3) is 2.47. The molecule has 0 saturated carbocycles. The molecule has 0 fully saturated rings. The first-order valence-corrected chi connectivity index (χ1v) is 4.26. The Morgan fingerprint density at radius 1 is 1.50 bits per heavy atom. The second-order valence-corrected chi connectivity index (χ2v) is 2.74. The third-order valence-electron chi connectivity index (χ3n) is 1.68. The lowest BCUT2D eigenvalue weighted by Gasteiger charge is -2.11. The minimum atomic E-state index is -4.99. The van der Waals surface area contributed by atoms with Crippen LogP contribution in [0.3, 0.4) is 0 Å². The van der Waals surface area contributed by atoms with Gasteiger partial charge in [0.15, 0.2) is 0 Å². The first-order chi connectivity index (χ1) is 7.38. The van der Waals surface area contributed by atoms with Gasteiger partial charge in [0, 0.05) is 6.20 Å². The molecular weight excluding hydrogens is 230 g/mol. The summed E-state index contributed by atoms with van der Waals surface area (Å²) in [7, 11) is 0. The lowest BCUT2D eigenvalue weighted by Crippen LogP contribution is -2.18. The number of rotatable bonds is 2. The molecule has 0 aliphatic rings. The van der Waals surface area contributed by atoms with E-state index in [0.717, 1.165) is 12.3 Å². The van der Waals surface area contributed by atoms with Gasteiger partial charge in [-0.3, -0.25) is 0 Å². The molecule has 0 radical (unpaired) electrons. The maximum atomic E-state index is 12.9. The number of aromatic nitrogens is 1. The van der Waals surface area contributed by atoms with Crippen LogP contribution in [0.2, 0.25) is 0 Å². The van der Waals surface area contributed by atoms with Crippen molar-refractivity contribution in [3.05, 3.63) is 29.3 Å². The van der Waals surface area contributed by atoms with Gasteiger partial charge in [0.2, 0.25) is 5.95 Å². The molecule has 0 aromatic carbocycles. The molecule has 0 saturated heterocycles. The largest absolute Gasteiger partial charge is 0.462 e. The number of carbonyl (C=O) groups is 1. The summed E-state index contributed by atoms with van der Waals surface area (Å²) >= 11 is 0. The molecule has 3 nitrogen and oxygen atoms in total. The topological polar surface area (TPSA) is 39.2 Å². The van der Waals surface area contributed by atoms with E-state index in [9.17, 15) is 22.4 Å².